The summed E-state index contributed by atoms with van der Waals surface area (Å²) >= 11 is 0. The molecule has 0 saturated heterocycles. The summed E-state index contributed by atoms with van der Waals surface area (Å²) in [5.74, 6) is -2.43. The van der Waals surface area contributed by atoms with Crippen molar-refractivity contribution in [2.45, 2.75) is 6.92 Å². The molecule has 5 nitrogen and oxygen atoms in total. The van der Waals surface area contributed by atoms with Gasteiger partial charge in [0, 0.05) is 11.6 Å². The smallest absolute Gasteiger partial charge is 0.305 e. The van der Waals surface area contributed by atoms with Gasteiger partial charge in [0.25, 0.3) is 5.91 Å². The molecule has 0 bridgehead atoms. The molecule has 0 unspecified atom stereocenters. The van der Waals surface area contributed by atoms with Crippen molar-refractivity contribution in [2.24, 2.45) is 0 Å². The van der Waals surface area contributed by atoms with Crippen LogP contribution in [0.5, 0.6) is 0 Å². The number of carbonyl (C=O) groups is 1. The molecule has 1 N–H and O–H groups in total. The van der Waals surface area contributed by atoms with E-state index in [2.05, 4.69) is 5.32 Å². The van der Waals surface area contributed by atoms with Gasteiger partial charge in [0.05, 0.1) is 10.6 Å². The van der Waals surface area contributed by atoms with Crippen LogP contribution < -0.4 is 5.32 Å². The zero-order chi connectivity index (χ0) is 15.6. The van der Waals surface area contributed by atoms with Gasteiger partial charge < -0.3 is 5.32 Å². The van der Waals surface area contributed by atoms with E-state index in [1.165, 1.54) is 12.1 Å². The summed E-state index contributed by atoms with van der Waals surface area (Å²) in [7, 11) is 0. The topological polar surface area (TPSA) is 72.2 Å². The first-order valence-corrected chi connectivity index (χ1v) is 5.90. The molecule has 0 fully saturated rings. The van der Waals surface area contributed by atoms with Crippen molar-refractivity contribution in [1.29, 1.82) is 0 Å². The van der Waals surface area contributed by atoms with Crippen molar-refractivity contribution in [3.63, 3.8) is 0 Å². The zero-order valence-corrected chi connectivity index (χ0v) is 10.9. The lowest BCUT2D eigenvalue weighted by atomic mass is 10.1. The number of benzene rings is 2. The van der Waals surface area contributed by atoms with E-state index in [0.29, 0.717) is 5.56 Å². The lowest BCUT2D eigenvalue weighted by Gasteiger charge is -2.09. The fourth-order valence-corrected chi connectivity index (χ4v) is 1.77. The molecule has 7 heteroatoms. The third kappa shape index (κ3) is 3.02. The molecule has 0 spiro atoms. The average molecular weight is 292 g/mol. The quantitative estimate of drug-likeness (QED) is 0.695. The molecule has 0 aliphatic rings. The van der Waals surface area contributed by atoms with Crippen molar-refractivity contribution in [3.05, 3.63) is 69.3 Å². The molecule has 2 rings (SSSR count). The number of amides is 1. The lowest BCUT2D eigenvalue weighted by Crippen LogP contribution is -2.14. The summed E-state index contributed by atoms with van der Waals surface area (Å²) in [6, 6.07) is 6.99. The monoisotopic (exact) mass is 292 g/mol. The zero-order valence-electron chi connectivity index (χ0n) is 10.9. The van der Waals surface area contributed by atoms with Gasteiger partial charge in [-0.05, 0) is 30.7 Å². The SMILES string of the molecule is Cc1cccc(F)c1NC(=O)c1ccc(F)c([N+](=O)[O-])c1. The Bertz CT molecular complexity index is 712. The number of nitro groups is 1. The number of halogens is 2. The molecule has 2 aromatic carbocycles. The third-order valence-corrected chi connectivity index (χ3v) is 2.87. The minimum atomic E-state index is -1.04. The summed E-state index contributed by atoms with van der Waals surface area (Å²) in [6.07, 6.45) is 0. The number of aryl methyl sites for hydroxylation is 1. The van der Waals surface area contributed by atoms with E-state index >= 15 is 0 Å². The van der Waals surface area contributed by atoms with Gasteiger partial charge in [0.15, 0.2) is 0 Å². The van der Waals surface area contributed by atoms with Crippen LogP contribution in [0, 0.1) is 28.7 Å². The molecule has 2 aromatic rings. The molecular formula is C14H10F2N2O3. The van der Waals surface area contributed by atoms with Crippen LogP contribution in [0.3, 0.4) is 0 Å². The molecule has 0 heterocycles. The van der Waals surface area contributed by atoms with Crippen LogP contribution in [0.15, 0.2) is 36.4 Å². The van der Waals surface area contributed by atoms with Crippen molar-refractivity contribution in [3.8, 4) is 0 Å². The number of nitro benzene ring substituents is 1. The van der Waals surface area contributed by atoms with Gasteiger partial charge in [-0.15, -0.1) is 0 Å². The molecule has 108 valence electrons. The number of rotatable bonds is 3. The maximum atomic E-state index is 13.6. The predicted octanol–water partition coefficient (Wildman–Crippen LogP) is 3.43. The number of carbonyl (C=O) groups excluding carboxylic acids is 1. The lowest BCUT2D eigenvalue weighted by molar-refractivity contribution is -0.387. The highest BCUT2D eigenvalue weighted by Gasteiger charge is 2.18. The second-order valence-corrected chi connectivity index (χ2v) is 4.31. The first kappa shape index (κ1) is 14.6. The number of nitrogens with one attached hydrogen (secondary N) is 1. The first-order chi connectivity index (χ1) is 9.90. The van der Waals surface area contributed by atoms with E-state index in [0.717, 1.165) is 18.2 Å². The van der Waals surface area contributed by atoms with E-state index in [-0.39, 0.29) is 11.3 Å². The van der Waals surface area contributed by atoms with Gasteiger partial charge in [-0.1, -0.05) is 12.1 Å². The molecule has 0 aliphatic heterocycles. The van der Waals surface area contributed by atoms with E-state index in [4.69, 9.17) is 0 Å². The minimum Gasteiger partial charge on any atom is -0.319 e. The van der Waals surface area contributed by atoms with Gasteiger partial charge >= 0.3 is 5.69 Å². The molecule has 0 saturated carbocycles. The van der Waals surface area contributed by atoms with Crippen LogP contribution in [-0.2, 0) is 0 Å². The molecule has 0 aliphatic carbocycles. The molecule has 0 radical (unpaired) electrons. The Morgan fingerprint density at radius 2 is 1.90 bits per heavy atom. The van der Waals surface area contributed by atoms with Crippen LogP contribution >= 0.6 is 0 Å². The summed E-state index contributed by atoms with van der Waals surface area (Å²) in [4.78, 5) is 21.7. The van der Waals surface area contributed by atoms with E-state index in [9.17, 15) is 23.7 Å². The normalized spacial score (nSPS) is 10.2. The molecule has 0 aromatic heterocycles. The standard InChI is InChI=1S/C14H10F2N2O3/c1-8-3-2-4-11(16)13(8)17-14(19)9-5-6-10(15)12(7-9)18(20)21/h2-7H,1H3,(H,17,19). The summed E-state index contributed by atoms with van der Waals surface area (Å²) in [5.41, 5.74) is -0.465. The Hall–Kier alpha value is -2.83. The number of anilines is 1. The van der Waals surface area contributed by atoms with Gasteiger partial charge in [0.1, 0.15) is 5.82 Å². The van der Waals surface area contributed by atoms with Gasteiger partial charge in [0.2, 0.25) is 5.82 Å². The number of nitrogens with zero attached hydrogens (tertiary/aromatic N) is 1. The van der Waals surface area contributed by atoms with Crippen molar-refractivity contribution in [2.75, 3.05) is 5.32 Å². The number of hydrogen-bond donors (Lipinski definition) is 1. The van der Waals surface area contributed by atoms with Crippen LogP contribution in [0.4, 0.5) is 20.2 Å². The predicted molar refractivity (Wildman–Crippen MR) is 72.1 cm³/mol. The first-order valence-electron chi connectivity index (χ1n) is 5.90. The fourth-order valence-electron chi connectivity index (χ4n) is 1.77. The third-order valence-electron chi connectivity index (χ3n) is 2.87. The maximum absolute atomic E-state index is 13.6. The Morgan fingerprint density at radius 3 is 2.52 bits per heavy atom. The van der Waals surface area contributed by atoms with E-state index < -0.39 is 28.2 Å². The molecular weight excluding hydrogens is 282 g/mol. The Labute approximate surface area is 118 Å². The second kappa shape index (κ2) is 5.66. The van der Waals surface area contributed by atoms with E-state index in [1.54, 1.807) is 13.0 Å². The Morgan fingerprint density at radius 1 is 1.19 bits per heavy atom. The van der Waals surface area contributed by atoms with Gasteiger partial charge in [-0.2, -0.15) is 4.39 Å². The van der Waals surface area contributed by atoms with Crippen molar-refractivity contribution < 1.29 is 18.5 Å². The summed E-state index contributed by atoms with van der Waals surface area (Å²) < 4.78 is 26.8. The Balaban J connectivity index is 2.33. The molecule has 1 amide bonds. The average Bonchev–Trinajstić information content (AvgIpc) is 2.43. The highest BCUT2D eigenvalue weighted by atomic mass is 19.1. The van der Waals surface area contributed by atoms with Crippen molar-refractivity contribution >= 4 is 17.3 Å². The molecule has 0 atom stereocenters. The summed E-state index contributed by atoms with van der Waals surface area (Å²) in [6.45, 7) is 1.60. The Kier molecular flexibility index (Phi) is 3.93. The van der Waals surface area contributed by atoms with Crippen LogP contribution in [0.2, 0.25) is 0 Å². The van der Waals surface area contributed by atoms with Crippen LogP contribution in [0.25, 0.3) is 0 Å². The fraction of sp³-hybridized carbons (Fsp3) is 0.0714. The largest absolute Gasteiger partial charge is 0.319 e. The number of para-hydroxylation sites is 1. The minimum absolute atomic E-state index is 0.0190. The van der Waals surface area contributed by atoms with Crippen molar-refractivity contribution in [1.82, 2.24) is 0 Å². The van der Waals surface area contributed by atoms with Crippen LogP contribution in [-0.4, -0.2) is 10.8 Å². The second-order valence-electron chi connectivity index (χ2n) is 4.31. The highest BCUT2D eigenvalue weighted by molar-refractivity contribution is 6.05. The van der Waals surface area contributed by atoms with Gasteiger partial charge in [-0.25, -0.2) is 4.39 Å². The number of hydrogen-bond acceptors (Lipinski definition) is 3. The molecule has 21 heavy (non-hydrogen) atoms. The highest BCUT2D eigenvalue weighted by Crippen LogP contribution is 2.22. The summed E-state index contributed by atoms with van der Waals surface area (Å²) in [5, 5.41) is 13.0. The van der Waals surface area contributed by atoms with Crippen LogP contribution in [0.1, 0.15) is 15.9 Å². The van der Waals surface area contributed by atoms with E-state index in [1.807, 2.05) is 0 Å². The maximum Gasteiger partial charge on any atom is 0.305 e. The van der Waals surface area contributed by atoms with Gasteiger partial charge in [-0.3, -0.25) is 14.9 Å².